The average molecular weight is 319 g/mol. The van der Waals surface area contributed by atoms with E-state index < -0.39 is 0 Å². The van der Waals surface area contributed by atoms with Gasteiger partial charge in [0.25, 0.3) is 0 Å². The van der Waals surface area contributed by atoms with E-state index in [9.17, 15) is 4.79 Å². The maximum atomic E-state index is 12.1. The highest BCUT2D eigenvalue weighted by Gasteiger charge is 2.06. The summed E-state index contributed by atoms with van der Waals surface area (Å²) in [7, 11) is 0. The third-order valence-corrected chi connectivity index (χ3v) is 3.44. The second kappa shape index (κ2) is 5.97. The van der Waals surface area contributed by atoms with Crippen LogP contribution in [0.2, 0.25) is 0 Å². The van der Waals surface area contributed by atoms with Crippen LogP contribution in [-0.4, -0.2) is 15.6 Å². The molecule has 0 bridgehead atoms. The lowest BCUT2D eigenvalue weighted by Crippen LogP contribution is -2.00. The van der Waals surface area contributed by atoms with E-state index in [1.807, 2.05) is 42.8 Å². The van der Waals surface area contributed by atoms with Crippen molar-refractivity contribution in [3.05, 3.63) is 57.8 Å². The van der Waals surface area contributed by atoms with Gasteiger partial charge in [-0.15, -0.1) is 0 Å². The van der Waals surface area contributed by atoms with Gasteiger partial charge >= 0.3 is 0 Å². The summed E-state index contributed by atoms with van der Waals surface area (Å²) in [5.74, 6) is -0.000506. The normalized spacial score (nSPS) is 11.1. The molecule has 98 valence electrons. The van der Waals surface area contributed by atoms with Crippen LogP contribution in [-0.2, 0) is 6.54 Å². The van der Waals surface area contributed by atoms with Gasteiger partial charge in [-0.3, -0.25) is 9.48 Å². The quantitative estimate of drug-likeness (QED) is 0.633. The molecular formula is C15H15BrN2O. The fraction of sp³-hybridized carbons (Fsp3) is 0.200. The van der Waals surface area contributed by atoms with E-state index in [0.29, 0.717) is 5.56 Å². The molecule has 0 aliphatic carbocycles. The number of carbonyl (C=O) groups excluding carboxylic acids is 1. The predicted molar refractivity (Wildman–Crippen MR) is 80.1 cm³/mol. The minimum atomic E-state index is -0.000506. The van der Waals surface area contributed by atoms with Crippen LogP contribution in [0.4, 0.5) is 0 Å². The maximum absolute atomic E-state index is 12.1. The maximum Gasteiger partial charge on any atom is 0.185 e. The summed E-state index contributed by atoms with van der Waals surface area (Å²) < 4.78 is 2.73. The number of aromatic nitrogens is 2. The summed E-state index contributed by atoms with van der Waals surface area (Å²) in [6, 6.07) is 7.58. The molecule has 2 aromatic rings. The highest BCUT2D eigenvalue weighted by molar-refractivity contribution is 9.10. The predicted octanol–water partition coefficient (Wildman–Crippen LogP) is 3.87. The number of allylic oxidation sites excluding steroid dienone is 1. The van der Waals surface area contributed by atoms with E-state index in [1.165, 1.54) is 0 Å². The largest absolute Gasteiger partial charge is 0.289 e. The van der Waals surface area contributed by atoms with Crippen LogP contribution in [0.5, 0.6) is 0 Å². The van der Waals surface area contributed by atoms with Crippen LogP contribution in [0.15, 0.2) is 41.0 Å². The van der Waals surface area contributed by atoms with Gasteiger partial charge in [0.1, 0.15) is 0 Å². The molecule has 0 amide bonds. The third-order valence-electron chi connectivity index (χ3n) is 2.83. The van der Waals surface area contributed by atoms with Crippen molar-refractivity contribution in [2.24, 2.45) is 0 Å². The zero-order valence-electron chi connectivity index (χ0n) is 10.9. The minimum Gasteiger partial charge on any atom is -0.289 e. The fourth-order valence-electron chi connectivity index (χ4n) is 1.84. The molecule has 3 nitrogen and oxygen atoms in total. The van der Waals surface area contributed by atoms with Crippen molar-refractivity contribution in [3.63, 3.8) is 0 Å². The van der Waals surface area contributed by atoms with Crippen molar-refractivity contribution in [2.75, 3.05) is 0 Å². The summed E-state index contributed by atoms with van der Waals surface area (Å²) in [5, 5.41) is 4.21. The number of nitrogens with zero attached hydrogens (tertiary/aromatic N) is 2. The Morgan fingerprint density at radius 1 is 1.47 bits per heavy atom. The van der Waals surface area contributed by atoms with Crippen molar-refractivity contribution in [3.8, 4) is 0 Å². The zero-order valence-corrected chi connectivity index (χ0v) is 12.5. The summed E-state index contributed by atoms with van der Waals surface area (Å²) in [6.45, 7) is 4.76. The number of hydrogen-bond acceptors (Lipinski definition) is 2. The SMILES string of the molecule is CCn1ncc(Br)c1/C=C/C(=O)c1cccc(C)c1. The second-order valence-corrected chi connectivity index (χ2v) is 5.11. The average Bonchev–Trinajstić information content (AvgIpc) is 2.76. The van der Waals surface area contributed by atoms with Crippen molar-refractivity contribution in [1.82, 2.24) is 9.78 Å². The molecule has 0 fully saturated rings. The van der Waals surface area contributed by atoms with Crippen LogP contribution in [0.3, 0.4) is 0 Å². The van der Waals surface area contributed by atoms with Gasteiger partial charge in [-0.2, -0.15) is 5.10 Å². The Morgan fingerprint density at radius 2 is 2.26 bits per heavy atom. The first-order valence-electron chi connectivity index (χ1n) is 6.12. The van der Waals surface area contributed by atoms with Crippen molar-refractivity contribution in [2.45, 2.75) is 20.4 Å². The standard InChI is InChI=1S/C15H15BrN2O/c1-3-18-14(13(16)10-17-18)7-8-15(19)12-6-4-5-11(2)9-12/h4-10H,3H2,1-2H3/b8-7+. The molecule has 0 unspecified atom stereocenters. The van der Waals surface area contributed by atoms with E-state index in [-0.39, 0.29) is 5.78 Å². The molecule has 4 heteroatoms. The van der Waals surface area contributed by atoms with Gasteiger partial charge in [-0.1, -0.05) is 23.8 Å². The lowest BCUT2D eigenvalue weighted by molar-refractivity contribution is 0.104. The Morgan fingerprint density at radius 3 is 2.95 bits per heavy atom. The number of ketones is 1. The lowest BCUT2D eigenvalue weighted by Gasteiger charge is -2.00. The molecule has 0 atom stereocenters. The molecule has 19 heavy (non-hydrogen) atoms. The van der Waals surface area contributed by atoms with Gasteiger partial charge in [-0.25, -0.2) is 0 Å². The first-order valence-corrected chi connectivity index (χ1v) is 6.91. The molecule has 0 radical (unpaired) electrons. The summed E-state index contributed by atoms with van der Waals surface area (Å²) >= 11 is 3.43. The van der Waals surface area contributed by atoms with Crippen LogP contribution in [0.1, 0.15) is 28.5 Å². The van der Waals surface area contributed by atoms with E-state index >= 15 is 0 Å². The fourth-order valence-corrected chi connectivity index (χ4v) is 2.27. The van der Waals surface area contributed by atoms with E-state index in [1.54, 1.807) is 18.3 Å². The number of halogens is 1. The van der Waals surface area contributed by atoms with Crippen LogP contribution < -0.4 is 0 Å². The molecule has 0 spiro atoms. The van der Waals surface area contributed by atoms with Crippen molar-refractivity contribution < 1.29 is 4.79 Å². The number of benzene rings is 1. The number of carbonyl (C=O) groups is 1. The van der Waals surface area contributed by atoms with Gasteiger partial charge in [-0.05, 0) is 48.0 Å². The number of aryl methyl sites for hydroxylation is 2. The molecule has 2 rings (SSSR count). The Hall–Kier alpha value is -1.68. The van der Waals surface area contributed by atoms with Gasteiger partial charge in [0.2, 0.25) is 0 Å². The monoisotopic (exact) mass is 318 g/mol. The first kappa shape index (κ1) is 13.7. The summed E-state index contributed by atoms with van der Waals surface area (Å²) in [4.78, 5) is 12.1. The summed E-state index contributed by atoms with van der Waals surface area (Å²) in [6.07, 6.45) is 5.12. The molecule has 1 aromatic heterocycles. The van der Waals surface area contributed by atoms with Gasteiger partial charge in [0.05, 0.1) is 16.4 Å². The topological polar surface area (TPSA) is 34.9 Å². The van der Waals surface area contributed by atoms with E-state index in [4.69, 9.17) is 0 Å². The first-order chi connectivity index (χ1) is 9.11. The number of hydrogen-bond donors (Lipinski definition) is 0. The van der Waals surface area contributed by atoms with Gasteiger partial charge in [0, 0.05) is 12.1 Å². The highest BCUT2D eigenvalue weighted by Crippen LogP contribution is 2.18. The van der Waals surface area contributed by atoms with Crippen LogP contribution in [0, 0.1) is 6.92 Å². The second-order valence-electron chi connectivity index (χ2n) is 4.26. The van der Waals surface area contributed by atoms with E-state index in [2.05, 4.69) is 21.0 Å². The van der Waals surface area contributed by atoms with Crippen LogP contribution in [0.25, 0.3) is 6.08 Å². The molecule has 1 aromatic carbocycles. The Labute approximate surface area is 121 Å². The molecule has 0 N–H and O–H groups in total. The zero-order chi connectivity index (χ0) is 13.8. The summed E-state index contributed by atoms with van der Waals surface area (Å²) in [5.41, 5.74) is 2.69. The van der Waals surface area contributed by atoms with Crippen molar-refractivity contribution in [1.29, 1.82) is 0 Å². The Kier molecular flexibility index (Phi) is 4.32. The van der Waals surface area contributed by atoms with Crippen molar-refractivity contribution >= 4 is 27.8 Å². The molecule has 1 heterocycles. The molecular weight excluding hydrogens is 304 g/mol. The molecule has 0 aliphatic rings. The number of rotatable bonds is 4. The lowest BCUT2D eigenvalue weighted by atomic mass is 10.1. The Bertz CT molecular complexity index is 629. The van der Waals surface area contributed by atoms with E-state index in [0.717, 1.165) is 22.3 Å². The highest BCUT2D eigenvalue weighted by atomic mass is 79.9. The molecule has 0 aliphatic heterocycles. The van der Waals surface area contributed by atoms with Gasteiger partial charge in [0.15, 0.2) is 5.78 Å². The smallest absolute Gasteiger partial charge is 0.185 e. The minimum absolute atomic E-state index is 0.000506. The molecule has 0 saturated heterocycles. The van der Waals surface area contributed by atoms with Gasteiger partial charge < -0.3 is 0 Å². The molecule has 0 saturated carbocycles. The third kappa shape index (κ3) is 3.20. The Balaban J connectivity index is 2.23. The van der Waals surface area contributed by atoms with Crippen LogP contribution >= 0.6 is 15.9 Å².